The highest BCUT2D eigenvalue weighted by Crippen LogP contribution is 2.09. The number of hydrogen-bond donors (Lipinski definition) is 1. The Kier molecular flexibility index (Phi) is 5.47. The molecule has 15 heavy (non-hydrogen) atoms. The zero-order valence-electron chi connectivity index (χ0n) is 9.71. The van der Waals surface area contributed by atoms with Crippen LogP contribution in [0.25, 0.3) is 0 Å². The van der Waals surface area contributed by atoms with E-state index in [1.54, 1.807) is 6.20 Å². The molecule has 0 saturated heterocycles. The first-order chi connectivity index (χ1) is 7.24. The molecule has 0 unspecified atom stereocenters. The van der Waals surface area contributed by atoms with Crippen molar-refractivity contribution in [2.24, 2.45) is 0 Å². The number of nitrogens with one attached hydrogen (secondary N) is 1. The van der Waals surface area contributed by atoms with Crippen LogP contribution in [0.4, 0.5) is 5.82 Å². The lowest BCUT2D eigenvalue weighted by molar-refractivity contribution is 0.835. The van der Waals surface area contributed by atoms with Gasteiger partial charge in [0.05, 0.1) is 11.4 Å². The second kappa shape index (κ2) is 6.67. The van der Waals surface area contributed by atoms with Crippen molar-refractivity contribution in [2.75, 3.05) is 23.9 Å². The minimum Gasteiger partial charge on any atom is -0.369 e. The average molecular weight is 225 g/mol. The minimum absolute atomic E-state index is 0.930. The Balaban J connectivity index is 2.33. The first-order valence-corrected chi connectivity index (χ1v) is 6.66. The highest BCUT2D eigenvalue weighted by Gasteiger charge is 2.00. The van der Waals surface area contributed by atoms with E-state index in [0.717, 1.165) is 23.8 Å². The van der Waals surface area contributed by atoms with E-state index in [-0.39, 0.29) is 0 Å². The lowest BCUT2D eigenvalue weighted by Crippen LogP contribution is -2.07. The van der Waals surface area contributed by atoms with Gasteiger partial charge < -0.3 is 5.32 Å². The van der Waals surface area contributed by atoms with Crippen molar-refractivity contribution in [3.63, 3.8) is 0 Å². The maximum atomic E-state index is 4.41. The van der Waals surface area contributed by atoms with Gasteiger partial charge >= 0.3 is 0 Å². The van der Waals surface area contributed by atoms with Crippen LogP contribution in [0, 0.1) is 13.8 Å². The molecule has 0 aromatic carbocycles. The molecule has 0 bridgehead atoms. The molecule has 1 rings (SSSR count). The Morgan fingerprint density at radius 2 is 2.13 bits per heavy atom. The monoisotopic (exact) mass is 225 g/mol. The Morgan fingerprint density at radius 3 is 2.87 bits per heavy atom. The summed E-state index contributed by atoms with van der Waals surface area (Å²) in [6.07, 6.45) is 6.39. The zero-order valence-corrected chi connectivity index (χ0v) is 10.5. The van der Waals surface area contributed by atoms with E-state index < -0.39 is 0 Å². The molecule has 0 aliphatic rings. The molecular formula is C11H19N3S. The summed E-state index contributed by atoms with van der Waals surface area (Å²) in [7, 11) is 0. The highest BCUT2D eigenvalue weighted by atomic mass is 32.2. The normalized spacial score (nSPS) is 10.3. The average Bonchev–Trinajstić information content (AvgIpc) is 2.23. The molecular weight excluding hydrogens is 206 g/mol. The molecule has 84 valence electrons. The van der Waals surface area contributed by atoms with Crippen LogP contribution in [0.5, 0.6) is 0 Å². The molecule has 1 heterocycles. The Bertz CT molecular complexity index is 302. The molecule has 4 heteroatoms. The Labute approximate surface area is 96.1 Å². The third-order valence-electron chi connectivity index (χ3n) is 2.14. The van der Waals surface area contributed by atoms with Gasteiger partial charge in [0.2, 0.25) is 0 Å². The molecule has 0 amide bonds. The second-order valence-electron chi connectivity index (χ2n) is 3.57. The number of rotatable bonds is 6. The zero-order chi connectivity index (χ0) is 11.1. The molecule has 0 aliphatic heterocycles. The van der Waals surface area contributed by atoms with E-state index in [1.165, 1.54) is 18.6 Å². The molecule has 0 saturated carbocycles. The van der Waals surface area contributed by atoms with Crippen molar-refractivity contribution in [1.29, 1.82) is 0 Å². The standard InChI is InChI=1S/C11H19N3S/c1-9-8-13-10(2)11(14-9)12-6-4-5-7-15-3/h8H,4-7H2,1-3H3,(H,12,14). The van der Waals surface area contributed by atoms with Crippen molar-refractivity contribution < 1.29 is 0 Å². The summed E-state index contributed by atoms with van der Waals surface area (Å²) in [6.45, 7) is 4.93. The van der Waals surface area contributed by atoms with Crippen LogP contribution in [-0.2, 0) is 0 Å². The largest absolute Gasteiger partial charge is 0.369 e. The number of aromatic nitrogens is 2. The summed E-state index contributed by atoms with van der Waals surface area (Å²) in [4.78, 5) is 8.68. The molecule has 1 aromatic heterocycles. The van der Waals surface area contributed by atoms with Gasteiger partial charge in [0.15, 0.2) is 0 Å². The molecule has 0 radical (unpaired) electrons. The molecule has 3 nitrogen and oxygen atoms in total. The minimum atomic E-state index is 0.930. The van der Waals surface area contributed by atoms with Gasteiger partial charge in [0, 0.05) is 12.7 Å². The molecule has 0 atom stereocenters. The molecule has 0 aliphatic carbocycles. The van der Waals surface area contributed by atoms with Crippen molar-refractivity contribution in [1.82, 2.24) is 9.97 Å². The van der Waals surface area contributed by atoms with E-state index in [4.69, 9.17) is 0 Å². The van der Waals surface area contributed by atoms with Crippen LogP contribution in [0.15, 0.2) is 6.20 Å². The van der Waals surface area contributed by atoms with Crippen LogP contribution in [0.1, 0.15) is 24.2 Å². The van der Waals surface area contributed by atoms with E-state index in [9.17, 15) is 0 Å². The van der Waals surface area contributed by atoms with Crippen molar-refractivity contribution in [3.8, 4) is 0 Å². The molecule has 0 spiro atoms. The number of hydrogen-bond acceptors (Lipinski definition) is 4. The van der Waals surface area contributed by atoms with Gasteiger partial charge in [-0.05, 0) is 38.7 Å². The first kappa shape index (κ1) is 12.3. The van der Waals surface area contributed by atoms with Crippen LogP contribution < -0.4 is 5.32 Å². The fourth-order valence-corrected chi connectivity index (χ4v) is 1.78. The fraction of sp³-hybridized carbons (Fsp3) is 0.636. The molecule has 1 N–H and O–H groups in total. The third-order valence-corrected chi connectivity index (χ3v) is 2.84. The molecule has 1 aromatic rings. The Hall–Kier alpha value is -0.770. The van der Waals surface area contributed by atoms with Crippen LogP contribution in [-0.4, -0.2) is 28.5 Å². The predicted molar refractivity (Wildman–Crippen MR) is 67.6 cm³/mol. The Morgan fingerprint density at radius 1 is 1.33 bits per heavy atom. The summed E-state index contributed by atoms with van der Waals surface area (Å²) in [6, 6.07) is 0. The number of unbranched alkanes of at least 4 members (excludes halogenated alkanes) is 1. The topological polar surface area (TPSA) is 37.8 Å². The summed E-state index contributed by atoms with van der Waals surface area (Å²) >= 11 is 1.90. The highest BCUT2D eigenvalue weighted by molar-refractivity contribution is 7.98. The summed E-state index contributed by atoms with van der Waals surface area (Å²) in [5.41, 5.74) is 1.94. The van der Waals surface area contributed by atoms with Gasteiger partial charge in [-0.3, -0.25) is 4.98 Å². The smallest absolute Gasteiger partial charge is 0.147 e. The lowest BCUT2D eigenvalue weighted by atomic mass is 10.3. The molecule has 0 fully saturated rings. The van der Waals surface area contributed by atoms with Crippen molar-refractivity contribution in [3.05, 3.63) is 17.6 Å². The van der Waals surface area contributed by atoms with E-state index in [0.29, 0.717) is 0 Å². The first-order valence-electron chi connectivity index (χ1n) is 5.27. The van der Waals surface area contributed by atoms with Crippen LogP contribution in [0.3, 0.4) is 0 Å². The van der Waals surface area contributed by atoms with E-state index >= 15 is 0 Å². The maximum Gasteiger partial charge on any atom is 0.147 e. The van der Waals surface area contributed by atoms with E-state index in [1.807, 2.05) is 25.6 Å². The van der Waals surface area contributed by atoms with Gasteiger partial charge in [0.25, 0.3) is 0 Å². The van der Waals surface area contributed by atoms with Gasteiger partial charge in [-0.15, -0.1) is 0 Å². The van der Waals surface area contributed by atoms with Crippen LogP contribution >= 0.6 is 11.8 Å². The number of thioether (sulfide) groups is 1. The number of aryl methyl sites for hydroxylation is 2. The number of nitrogens with zero attached hydrogens (tertiary/aromatic N) is 2. The summed E-state index contributed by atoms with van der Waals surface area (Å²) in [5.74, 6) is 2.17. The van der Waals surface area contributed by atoms with Crippen molar-refractivity contribution >= 4 is 17.6 Å². The van der Waals surface area contributed by atoms with Crippen molar-refractivity contribution in [2.45, 2.75) is 26.7 Å². The van der Waals surface area contributed by atoms with E-state index in [2.05, 4.69) is 21.5 Å². The fourth-order valence-electron chi connectivity index (χ4n) is 1.28. The van der Waals surface area contributed by atoms with Gasteiger partial charge in [-0.2, -0.15) is 11.8 Å². The van der Waals surface area contributed by atoms with Gasteiger partial charge in [0.1, 0.15) is 5.82 Å². The SMILES string of the molecule is CSCCCCNc1nc(C)cnc1C. The van der Waals surface area contributed by atoms with Gasteiger partial charge in [-0.1, -0.05) is 0 Å². The lowest BCUT2D eigenvalue weighted by Gasteiger charge is -2.07. The quantitative estimate of drug-likeness (QED) is 0.755. The summed E-state index contributed by atoms with van der Waals surface area (Å²) in [5, 5.41) is 3.33. The predicted octanol–water partition coefficient (Wildman–Crippen LogP) is 2.65. The third kappa shape index (κ3) is 4.51. The van der Waals surface area contributed by atoms with Gasteiger partial charge in [-0.25, -0.2) is 4.98 Å². The second-order valence-corrected chi connectivity index (χ2v) is 4.56. The maximum absolute atomic E-state index is 4.41. The van der Waals surface area contributed by atoms with Crippen LogP contribution in [0.2, 0.25) is 0 Å². The number of anilines is 1. The summed E-state index contributed by atoms with van der Waals surface area (Å²) < 4.78 is 0.